The number of nitrogens with zero attached hydrogens (tertiary/aromatic N) is 1. The van der Waals surface area contributed by atoms with Crippen LogP contribution in [0.3, 0.4) is 0 Å². The predicted molar refractivity (Wildman–Crippen MR) is 71.0 cm³/mol. The molecule has 2 aliphatic heterocycles. The molecular weight excluding hydrogens is 232 g/mol. The zero-order valence-electron chi connectivity index (χ0n) is 10.8. The third kappa shape index (κ3) is 2.62. The number of nitriles is 1. The van der Waals surface area contributed by atoms with Crippen LogP contribution in [-0.2, 0) is 4.74 Å². The van der Waals surface area contributed by atoms with E-state index in [0.717, 1.165) is 43.9 Å². The summed E-state index contributed by atoms with van der Waals surface area (Å²) in [7, 11) is 0. The third-order valence-corrected chi connectivity index (χ3v) is 5.32. The van der Waals surface area contributed by atoms with Crippen LogP contribution in [0.4, 0.5) is 0 Å². The maximum absolute atomic E-state index is 9.58. The zero-order chi connectivity index (χ0) is 12.4. The highest BCUT2D eigenvalue weighted by Gasteiger charge is 2.47. The van der Waals surface area contributed by atoms with Crippen LogP contribution in [0, 0.1) is 16.7 Å². The minimum Gasteiger partial charge on any atom is -0.377 e. The number of rotatable bonds is 3. The van der Waals surface area contributed by atoms with Crippen molar-refractivity contribution in [2.75, 3.05) is 24.7 Å². The van der Waals surface area contributed by atoms with Gasteiger partial charge in [-0.25, -0.2) is 0 Å². The Hall–Kier alpha value is -0.240. The van der Waals surface area contributed by atoms with Gasteiger partial charge in [-0.05, 0) is 30.4 Å². The Morgan fingerprint density at radius 1 is 1.53 bits per heavy atom. The summed E-state index contributed by atoms with van der Waals surface area (Å²) in [6.45, 7) is 6.11. The molecule has 0 aromatic rings. The fourth-order valence-corrected chi connectivity index (χ4v) is 4.23. The lowest BCUT2D eigenvalue weighted by Crippen LogP contribution is -2.60. The highest BCUT2D eigenvalue weighted by molar-refractivity contribution is 7.99. The minimum atomic E-state index is -0.387. The Balaban J connectivity index is 2.00. The predicted octanol–water partition coefficient (Wildman–Crippen LogP) is 2.18. The van der Waals surface area contributed by atoms with Crippen LogP contribution >= 0.6 is 11.8 Å². The van der Waals surface area contributed by atoms with E-state index >= 15 is 0 Å². The van der Waals surface area contributed by atoms with Crippen LogP contribution in [-0.4, -0.2) is 36.3 Å². The summed E-state index contributed by atoms with van der Waals surface area (Å²) in [5, 5.41) is 13.1. The van der Waals surface area contributed by atoms with Gasteiger partial charge < -0.3 is 4.74 Å². The molecule has 2 heterocycles. The Labute approximate surface area is 108 Å². The van der Waals surface area contributed by atoms with Crippen molar-refractivity contribution in [3.8, 4) is 6.07 Å². The molecule has 2 aliphatic rings. The van der Waals surface area contributed by atoms with Gasteiger partial charge in [-0.15, -0.1) is 0 Å². The summed E-state index contributed by atoms with van der Waals surface area (Å²) >= 11 is 1.89. The maximum Gasteiger partial charge on any atom is 0.121 e. The van der Waals surface area contributed by atoms with Crippen molar-refractivity contribution < 1.29 is 4.74 Å². The van der Waals surface area contributed by atoms with Gasteiger partial charge in [0.1, 0.15) is 5.54 Å². The van der Waals surface area contributed by atoms with Gasteiger partial charge in [0.05, 0.1) is 12.2 Å². The Morgan fingerprint density at radius 2 is 2.35 bits per heavy atom. The Kier molecular flexibility index (Phi) is 4.02. The van der Waals surface area contributed by atoms with Gasteiger partial charge in [0.2, 0.25) is 0 Å². The summed E-state index contributed by atoms with van der Waals surface area (Å²) < 4.78 is 5.62. The molecule has 1 N–H and O–H groups in total. The lowest BCUT2D eigenvalue weighted by Gasteiger charge is -2.46. The van der Waals surface area contributed by atoms with E-state index in [2.05, 4.69) is 25.2 Å². The number of ether oxygens (including phenoxy) is 1. The third-order valence-electron chi connectivity index (χ3n) is 4.19. The quantitative estimate of drug-likeness (QED) is 0.838. The summed E-state index contributed by atoms with van der Waals surface area (Å²) in [4.78, 5) is 0. The molecule has 0 aromatic carbocycles. The molecule has 4 heteroatoms. The molecular formula is C13H22N2OS. The highest BCUT2D eigenvalue weighted by Crippen LogP contribution is 2.42. The molecule has 2 fully saturated rings. The fourth-order valence-electron chi connectivity index (χ4n) is 2.57. The van der Waals surface area contributed by atoms with E-state index < -0.39 is 0 Å². The fraction of sp³-hybridized carbons (Fsp3) is 0.923. The van der Waals surface area contributed by atoms with Gasteiger partial charge in [-0.2, -0.15) is 17.0 Å². The number of hydrogen-bond donors (Lipinski definition) is 1. The molecule has 2 saturated heterocycles. The smallest absolute Gasteiger partial charge is 0.121 e. The standard InChI is InChI=1S/C13H22N2OS/c1-12(2)5-7-17-10-13(12,9-14)15-8-11-4-3-6-16-11/h11,15H,3-8,10H2,1-2H3. The van der Waals surface area contributed by atoms with Crippen LogP contribution in [0.2, 0.25) is 0 Å². The molecule has 17 heavy (non-hydrogen) atoms. The second kappa shape index (κ2) is 5.17. The summed E-state index contributed by atoms with van der Waals surface area (Å²) in [5.41, 5.74) is -0.340. The molecule has 0 spiro atoms. The van der Waals surface area contributed by atoms with Gasteiger partial charge >= 0.3 is 0 Å². The van der Waals surface area contributed by atoms with Gasteiger partial charge in [-0.1, -0.05) is 13.8 Å². The molecule has 2 rings (SSSR count). The SMILES string of the molecule is CC1(C)CCSCC1(C#N)NCC1CCCO1. The van der Waals surface area contributed by atoms with Crippen LogP contribution in [0.5, 0.6) is 0 Å². The number of hydrogen-bond acceptors (Lipinski definition) is 4. The molecule has 0 bridgehead atoms. The average Bonchev–Trinajstić information content (AvgIpc) is 2.81. The molecule has 96 valence electrons. The number of nitrogens with one attached hydrogen (secondary N) is 1. The van der Waals surface area contributed by atoms with Crippen molar-refractivity contribution in [3.63, 3.8) is 0 Å². The maximum atomic E-state index is 9.58. The largest absolute Gasteiger partial charge is 0.377 e. The topological polar surface area (TPSA) is 45.0 Å². The van der Waals surface area contributed by atoms with E-state index in [1.165, 1.54) is 0 Å². The van der Waals surface area contributed by atoms with E-state index in [0.29, 0.717) is 6.10 Å². The first-order chi connectivity index (χ1) is 8.10. The lowest BCUT2D eigenvalue weighted by atomic mass is 9.71. The highest BCUT2D eigenvalue weighted by atomic mass is 32.2. The van der Waals surface area contributed by atoms with E-state index in [4.69, 9.17) is 4.74 Å². The van der Waals surface area contributed by atoms with Gasteiger partial charge in [0, 0.05) is 18.9 Å². The number of thioether (sulfide) groups is 1. The zero-order valence-corrected chi connectivity index (χ0v) is 11.6. The van der Waals surface area contributed by atoms with Crippen LogP contribution < -0.4 is 5.32 Å². The van der Waals surface area contributed by atoms with Gasteiger partial charge in [0.25, 0.3) is 0 Å². The van der Waals surface area contributed by atoms with E-state index in [1.807, 2.05) is 11.8 Å². The second-order valence-electron chi connectivity index (χ2n) is 5.72. The van der Waals surface area contributed by atoms with Crippen molar-refractivity contribution in [2.45, 2.75) is 44.8 Å². The second-order valence-corrected chi connectivity index (χ2v) is 6.82. The molecule has 0 amide bonds. The molecule has 0 aliphatic carbocycles. The first-order valence-corrected chi connectivity index (χ1v) is 7.61. The molecule has 2 unspecified atom stereocenters. The summed E-state index contributed by atoms with van der Waals surface area (Å²) in [6.07, 6.45) is 3.69. The van der Waals surface area contributed by atoms with E-state index in [1.54, 1.807) is 0 Å². The van der Waals surface area contributed by atoms with Crippen LogP contribution in [0.25, 0.3) is 0 Å². The lowest BCUT2D eigenvalue weighted by molar-refractivity contribution is 0.0909. The van der Waals surface area contributed by atoms with Crippen LogP contribution in [0.15, 0.2) is 0 Å². The molecule has 0 radical (unpaired) electrons. The van der Waals surface area contributed by atoms with Gasteiger partial charge in [-0.3, -0.25) is 5.32 Å². The Bertz CT molecular complexity index is 307. The average molecular weight is 254 g/mol. The van der Waals surface area contributed by atoms with E-state index in [-0.39, 0.29) is 11.0 Å². The monoisotopic (exact) mass is 254 g/mol. The first kappa shape index (κ1) is 13.2. The van der Waals surface area contributed by atoms with E-state index in [9.17, 15) is 5.26 Å². The normalized spacial score (nSPS) is 36.6. The first-order valence-electron chi connectivity index (χ1n) is 6.45. The van der Waals surface area contributed by atoms with Crippen molar-refractivity contribution in [1.29, 1.82) is 5.26 Å². The Morgan fingerprint density at radius 3 is 2.94 bits per heavy atom. The van der Waals surface area contributed by atoms with Crippen molar-refractivity contribution in [1.82, 2.24) is 5.32 Å². The molecule has 3 nitrogen and oxygen atoms in total. The van der Waals surface area contributed by atoms with Crippen molar-refractivity contribution in [2.24, 2.45) is 5.41 Å². The van der Waals surface area contributed by atoms with Gasteiger partial charge in [0.15, 0.2) is 0 Å². The van der Waals surface area contributed by atoms with Crippen molar-refractivity contribution in [3.05, 3.63) is 0 Å². The molecule has 2 atom stereocenters. The van der Waals surface area contributed by atoms with Crippen molar-refractivity contribution >= 4 is 11.8 Å². The summed E-state index contributed by atoms with van der Waals surface area (Å²) in [5.74, 6) is 2.06. The molecule has 0 saturated carbocycles. The summed E-state index contributed by atoms with van der Waals surface area (Å²) in [6, 6.07) is 2.54. The molecule has 0 aromatic heterocycles. The minimum absolute atomic E-state index is 0.0472. The van der Waals surface area contributed by atoms with Crippen LogP contribution in [0.1, 0.15) is 33.1 Å².